The Morgan fingerprint density at radius 3 is 2.35 bits per heavy atom. The van der Waals surface area contributed by atoms with Gasteiger partial charge in [-0.1, -0.05) is 41.9 Å². The van der Waals surface area contributed by atoms with Crippen LogP contribution in [0.5, 0.6) is 0 Å². The summed E-state index contributed by atoms with van der Waals surface area (Å²) in [5.41, 5.74) is 4.21. The molecule has 0 aromatic heterocycles. The Hall–Kier alpha value is -1.49. The number of aliphatic hydroxyl groups is 3. The van der Waals surface area contributed by atoms with E-state index < -0.39 is 17.1 Å². The summed E-state index contributed by atoms with van der Waals surface area (Å²) >= 11 is 0. The number of carbonyl (C=O) groups excluding carboxylic acids is 1. The minimum absolute atomic E-state index is 0.0543. The highest BCUT2D eigenvalue weighted by Gasteiger charge is 2.52. The van der Waals surface area contributed by atoms with E-state index in [9.17, 15) is 20.1 Å². The first-order valence-corrected chi connectivity index (χ1v) is 13.0. The number of aliphatic hydroxyl groups excluding tert-OH is 2. The van der Waals surface area contributed by atoms with Gasteiger partial charge in [0.05, 0.1) is 11.7 Å². The number of allylic oxidation sites excluding steroid dienone is 6. The molecule has 0 unspecified atom stereocenters. The molecule has 0 aromatic carbocycles. The van der Waals surface area contributed by atoms with Crippen LogP contribution in [0.15, 0.2) is 46.1 Å². The molecule has 0 amide bonds. The lowest BCUT2D eigenvalue weighted by molar-refractivity contribution is -0.115. The molecule has 4 atom stereocenters. The van der Waals surface area contributed by atoms with E-state index in [1.165, 1.54) is 11.1 Å². The predicted molar refractivity (Wildman–Crippen MR) is 143 cm³/mol. The molecular formula is C30H50O4. The third kappa shape index (κ3) is 8.62. The topological polar surface area (TPSA) is 77.8 Å². The minimum Gasteiger partial charge on any atom is -0.396 e. The van der Waals surface area contributed by atoms with Crippen molar-refractivity contribution in [3.8, 4) is 0 Å². The SMILES string of the molecule is CC(C)=CCC/C(C)=C/C[C@@H](O)/C(C)=C\CC[C@@]1(C)[C@H](CCCO)/C(=C(/C)C=O)CC[C@]1(C)O. The average molecular weight is 475 g/mol. The quantitative estimate of drug-likeness (QED) is 0.159. The van der Waals surface area contributed by atoms with Crippen LogP contribution in [-0.2, 0) is 4.79 Å². The van der Waals surface area contributed by atoms with Crippen molar-refractivity contribution in [3.63, 3.8) is 0 Å². The molecule has 0 bridgehead atoms. The highest BCUT2D eigenvalue weighted by atomic mass is 16.3. The molecule has 0 aliphatic heterocycles. The normalized spacial score (nSPS) is 28.5. The largest absolute Gasteiger partial charge is 0.396 e. The molecule has 194 valence electrons. The van der Waals surface area contributed by atoms with Gasteiger partial charge in [0.2, 0.25) is 0 Å². The van der Waals surface area contributed by atoms with Crippen LogP contribution in [0.1, 0.15) is 106 Å². The maximum absolute atomic E-state index is 11.6. The van der Waals surface area contributed by atoms with Gasteiger partial charge in [0, 0.05) is 12.0 Å². The molecule has 0 aromatic rings. The van der Waals surface area contributed by atoms with Gasteiger partial charge >= 0.3 is 0 Å². The van der Waals surface area contributed by atoms with E-state index in [1.54, 1.807) is 0 Å². The van der Waals surface area contributed by atoms with Crippen LogP contribution < -0.4 is 0 Å². The third-order valence-electron chi connectivity index (χ3n) is 8.07. The smallest absolute Gasteiger partial charge is 0.145 e. The molecule has 1 aliphatic carbocycles. The summed E-state index contributed by atoms with van der Waals surface area (Å²) in [5.74, 6) is 0.0543. The summed E-state index contributed by atoms with van der Waals surface area (Å²) in [7, 11) is 0. The van der Waals surface area contributed by atoms with Crippen molar-refractivity contribution < 1.29 is 20.1 Å². The maximum Gasteiger partial charge on any atom is 0.145 e. The Balaban J connectivity index is 2.92. The molecule has 1 rings (SSSR count). The Kier molecular flexibility index (Phi) is 12.7. The molecule has 4 nitrogen and oxygen atoms in total. The van der Waals surface area contributed by atoms with Gasteiger partial charge in [-0.3, -0.25) is 4.79 Å². The Morgan fingerprint density at radius 1 is 1.09 bits per heavy atom. The van der Waals surface area contributed by atoms with Crippen molar-refractivity contribution in [2.75, 3.05) is 6.61 Å². The van der Waals surface area contributed by atoms with Gasteiger partial charge in [-0.05, 0) is 116 Å². The van der Waals surface area contributed by atoms with Crippen LogP contribution in [-0.4, -0.2) is 39.9 Å². The zero-order chi connectivity index (χ0) is 25.9. The summed E-state index contributed by atoms with van der Waals surface area (Å²) in [6.07, 6.45) is 13.8. The van der Waals surface area contributed by atoms with Gasteiger partial charge in [0.1, 0.15) is 6.29 Å². The van der Waals surface area contributed by atoms with Crippen molar-refractivity contribution in [2.45, 2.75) is 118 Å². The van der Waals surface area contributed by atoms with Crippen molar-refractivity contribution in [1.29, 1.82) is 0 Å². The number of aldehydes is 1. The fraction of sp³-hybridized carbons (Fsp3) is 0.700. The molecule has 4 heteroatoms. The van der Waals surface area contributed by atoms with Crippen LogP contribution in [0.4, 0.5) is 0 Å². The lowest BCUT2D eigenvalue weighted by Gasteiger charge is -2.53. The summed E-state index contributed by atoms with van der Waals surface area (Å²) in [5, 5.41) is 31.5. The molecule has 0 heterocycles. The van der Waals surface area contributed by atoms with Crippen molar-refractivity contribution in [1.82, 2.24) is 0 Å². The van der Waals surface area contributed by atoms with E-state index in [4.69, 9.17) is 0 Å². The summed E-state index contributed by atoms with van der Waals surface area (Å²) in [4.78, 5) is 11.6. The predicted octanol–water partition coefficient (Wildman–Crippen LogP) is 6.61. The van der Waals surface area contributed by atoms with Crippen molar-refractivity contribution in [3.05, 3.63) is 46.1 Å². The number of rotatable bonds is 13. The highest BCUT2D eigenvalue weighted by Crippen LogP contribution is 2.55. The molecule has 34 heavy (non-hydrogen) atoms. The van der Waals surface area contributed by atoms with E-state index in [0.717, 1.165) is 61.5 Å². The van der Waals surface area contributed by atoms with E-state index >= 15 is 0 Å². The third-order valence-corrected chi connectivity index (χ3v) is 8.07. The zero-order valence-corrected chi connectivity index (χ0v) is 22.8. The van der Waals surface area contributed by atoms with E-state index in [1.807, 2.05) is 20.8 Å². The first-order chi connectivity index (χ1) is 15.9. The first-order valence-electron chi connectivity index (χ1n) is 13.0. The van der Waals surface area contributed by atoms with E-state index in [2.05, 4.69) is 45.9 Å². The highest BCUT2D eigenvalue weighted by molar-refractivity contribution is 5.74. The van der Waals surface area contributed by atoms with Gasteiger partial charge in [-0.15, -0.1) is 0 Å². The summed E-state index contributed by atoms with van der Waals surface area (Å²) < 4.78 is 0. The second-order valence-electron chi connectivity index (χ2n) is 11.0. The molecule has 0 spiro atoms. The fourth-order valence-corrected chi connectivity index (χ4v) is 5.30. The van der Waals surface area contributed by atoms with Gasteiger partial charge in [0.25, 0.3) is 0 Å². The molecule has 1 aliphatic rings. The number of hydrogen-bond acceptors (Lipinski definition) is 4. The van der Waals surface area contributed by atoms with Crippen LogP contribution in [0.25, 0.3) is 0 Å². The van der Waals surface area contributed by atoms with Crippen LogP contribution >= 0.6 is 0 Å². The molecule has 1 saturated carbocycles. The second-order valence-corrected chi connectivity index (χ2v) is 11.0. The fourth-order valence-electron chi connectivity index (χ4n) is 5.30. The standard InChI is InChI=1S/C30H50O4/c1-22(2)11-8-12-23(3)15-16-28(33)24(4)13-9-18-29(6)27(14-10-20-31)26(25(5)21-32)17-19-30(29,7)34/h11,13,15,21,27-28,31,33-34H,8-10,12,14,16-20H2,1-7H3/b23-15+,24-13-,26-25-/t27-,28-,29+,30+/m1/s1. The molecule has 3 N–H and O–H groups in total. The summed E-state index contributed by atoms with van der Waals surface area (Å²) in [6, 6.07) is 0. The monoisotopic (exact) mass is 474 g/mol. The molecule has 1 fully saturated rings. The van der Waals surface area contributed by atoms with Crippen LogP contribution in [0.2, 0.25) is 0 Å². The minimum atomic E-state index is -0.856. The number of carbonyl (C=O) groups is 1. The van der Waals surface area contributed by atoms with E-state index in [-0.39, 0.29) is 12.5 Å². The van der Waals surface area contributed by atoms with Gasteiger partial charge in [-0.2, -0.15) is 0 Å². The Morgan fingerprint density at radius 2 is 1.76 bits per heavy atom. The summed E-state index contributed by atoms with van der Waals surface area (Å²) in [6.45, 7) is 14.3. The average Bonchev–Trinajstić information content (AvgIpc) is 2.77. The van der Waals surface area contributed by atoms with Crippen molar-refractivity contribution >= 4 is 6.29 Å². The first kappa shape index (κ1) is 30.5. The van der Waals surface area contributed by atoms with E-state index in [0.29, 0.717) is 19.3 Å². The molecule has 0 saturated heterocycles. The van der Waals surface area contributed by atoms with Crippen molar-refractivity contribution in [2.24, 2.45) is 11.3 Å². The van der Waals surface area contributed by atoms with Gasteiger partial charge in [-0.25, -0.2) is 0 Å². The van der Waals surface area contributed by atoms with Crippen LogP contribution in [0, 0.1) is 11.3 Å². The second kappa shape index (κ2) is 14.2. The maximum atomic E-state index is 11.6. The van der Waals surface area contributed by atoms with Crippen LogP contribution in [0.3, 0.4) is 0 Å². The van der Waals surface area contributed by atoms with Gasteiger partial charge < -0.3 is 15.3 Å². The Bertz CT molecular complexity index is 780. The molecule has 0 radical (unpaired) electrons. The lowest BCUT2D eigenvalue weighted by atomic mass is 9.54. The zero-order valence-electron chi connectivity index (χ0n) is 22.8. The molecular weight excluding hydrogens is 424 g/mol. The van der Waals surface area contributed by atoms with Gasteiger partial charge in [0.15, 0.2) is 0 Å². The Labute approximate surface area is 208 Å². The number of hydrogen-bond donors (Lipinski definition) is 3. The lowest BCUT2D eigenvalue weighted by Crippen LogP contribution is -2.52.